The molecule has 0 aromatic carbocycles. The predicted molar refractivity (Wildman–Crippen MR) is 71.8 cm³/mol. The Morgan fingerprint density at radius 3 is 2.70 bits per heavy atom. The van der Waals surface area contributed by atoms with Crippen LogP contribution < -0.4 is 0 Å². The summed E-state index contributed by atoms with van der Waals surface area (Å²) in [6.07, 6.45) is 6.97. The molecule has 0 amide bonds. The van der Waals surface area contributed by atoms with Crippen LogP contribution in [0.3, 0.4) is 0 Å². The third kappa shape index (κ3) is 1.85. The first kappa shape index (κ1) is 12.8. The lowest BCUT2D eigenvalue weighted by Gasteiger charge is -2.44. The maximum Gasteiger partial charge on any atom is 0.334 e. The summed E-state index contributed by atoms with van der Waals surface area (Å²) in [5.41, 5.74) is 0.893. The number of allylic oxidation sites excluding steroid dienone is 1. The highest BCUT2D eigenvalue weighted by Crippen LogP contribution is 2.51. The van der Waals surface area contributed by atoms with Gasteiger partial charge in [-0.15, -0.1) is 0 Å². The highest BCUT2D eigenvalue weighted by atomic mass is 16.7. The average Bonchev–Trinajstić information content (AvgIpc) is 3.06. The number of ether oxygens (including phenoxy) is 3. The Kier molecular flexibility index (Phi) is 3.11. The Bertz CT molecular complexity index is 438. The van der Waals surface area contributed by atoms with E-state index in [4.69, 9.17) is 14.2 Å². The van der Waals surface area contributed by atoms with Crippen molar-refractivity contribution in [3.05, 3.63) is 11.6 Å². The molecule has 20 heavy (non-hydrogen) atoms. The molecular formula is C16H22O4. The van der Waals surface area contributed by atoms with Gasteiger partial charge in [-0.2, -0.15) is 0 Å². The van der Waals surface area contributed by atoms with Crippen LogP contribution in [0, 0.1) is 23.7 Å². The van der Waals surface area contributed by atoms with Crippen LogP contribution in [0.2, 0.25) is 0 Å². The van der Waals surface area contributed by atoms with E-state index in [2.05, 4.69) is 6.08 Å². The molecule has 0 bridgehead atoms. The molecule has 1 saturated carbocycles. The summed E-state index contributed by atoms with van der Waals surface area (Å²) < 4.78 is 17.1. The monoisotopic (exact) mass is 278 g/mol. The van der Waals surface area contributed by atoms with Gasteiger partial charge in [-0.3, -0.25) is 0 Å². The fourth-order valence-electron chi connectivity index (χ4n) is 4.74. The minimum Gasteiger partial charge on any atom is -0.459 e. The normalized spacial score (nSPS) is 44.8. The minimum absolute atomic E-state index is 0.0468. The number of esters is 1. The van der Waals surface area contributed by atoms with Crippen molar-refractivity contribution in [1.82, 2.24) is 0 Å². The lowest BCUT2D eigenvalue weighted by Crippen LogP contribution is -2.44. The zero-order chi connectivity index (χ0) is 13.7. The van der Waals surface area contributed by atoms with E-state index in [1.165, 1.54) is 25.7 Å². The van der Waals surface area contributed by atoms with Gasteiger partial charge < -0.3 is 14.2 Å². The van der Waals surface area contributed by atoms with E-state index in [-0.39, 0.29) is 30.2 Å². The first-order chi connectivity index (χ1) is 9.75. The van der Waals surface area contributed by atoms with Crippen molar-refractivity contribution in [1.29, 1.82) is 0 Å². The summed E-state index contributed by atoms with van der Waals surface area (Å²) in [5.74, 6) is 1.41. The molecule has 4 aliphatic rings. The first-order valence-electron chi connectivity index (χ1n) is 7.91. The molecule has 0 aromatic rings. The molecule has 5 atom stereocenters. The number of carbonyl (C=O) groups excluding carboxylic acids is 1. The van der Waals surface area contributed by atoms with Crippen molar-refractivity contribution >= 4 is 5.97 Å². The number of hydrogen-bond acceptors (Lipinski definition) is 4. The predicted octanol–water partition coefficient (Wildman–Crippen LogP) is 2.28. The standard InChI is InChI=1S/C16H22O4/c1-9-13-12(15(17)20-9)8-10-4-2-3-5-11(10)14(13)16-18-6-7-19-16/h8-11,13-14,16H,2-7H2,1H3/t9-,10+,11-,13-,14+/m0/s1. The zero-order valence-corrected chi connectivity index (χ0v) is 11.9. The number of hydrogen-bond donors (Lipinski definition) is 0. The van der Waals surface area contributed by atoms with Gasteiger partial charge in [-0.05, 0) is 31.6 Å². The van der Waals surface area contributed by atoms with Crippen LogP contribution in [0.15, 0.2) is 11.6 Å². The molecule has 2 heterocycles. The van der Waals surface area contributed by atoms with E-state index in [0.29, 0.717) is 25.0 Å². The van der Waals surface area contributed by atoms with E-state index in [9.17, 15) is 4.79 Å². The molecule has 4 heteroatoms. The summed E-state index contributed by atoms with van der Waals surface area (Å²) in [7, 11) is 0. The molecule has 0 spiro atoms. The Morgan fingerprint density at radius 2 is 1.90 bits per heavy atom. The molecule has 2 aliphatic carbocycles. The molecule has 0 aromatic heterocycles. The van der Waals surface area contributed by atoms with E-state index < -0.39 is 0 Å². The van der Waals surface area contributed by atoms with Gasteiger partial charge >= 0.3 is 5.97 Å². The van der Waals surface area contributed by atoms with Gasteiger partial charge in [0.05, 0.1) is 13.2 Å². The van der Waals surface area contributed by atoms with Crippen molar-refractivity contribution in [3.63, 3.8) is 0 Å². The van der Waals surface area contributed by atoms with Gasteiger partial charge in [0.25, 0.3) is 0 Å². The van der Waals surface area contributed by atoms with Crippen LogP contribution in [0.4, 0.5) is 0 Å². The van der Waals surface area contributed by atoms with Crippen LogP contribution in [0.5, 0.6) is 0 Å². The number of cyclic esters (lactones) is 1. The van der Waals surface area contributed by atoms with Crippen molar-refractivity contribution in [2.24, 2.45) is 23.7 Å². The van der Waals surface area contributed by atoms with Crippen LogP contribution >= 0.6 is 0 Å². The highest BCUT2D eigenvalue weighted by Gasteiger charge is 2.53. The summed E-state index contributed by atoms with van der Waals surface area (Å²) in [5, 5.41) is 0. The van der Waals surface area contributed by atoms with Crippen LogP contribution in [-0.4, -0.2) is 31.6 Å². The average molecular weight is 278 g/mol. The molecule has 3 fully saturated rings. The molecule has 0 N–H and O–H groups in total. The summed E-state index contributed by atoms with van der Waals surface area (Å²) >= 11 is 0. The topological polar surface area (TPSA) is 44.8 Å². The van der Waals surface area contributed by atoms with Gasteiger partial charge in [0.1, 0.15) is 6.10 Å². The van der Waals surface area contributed by atoms with Gasteiger partial charge in [0.2, 0.25) is 0 Å². The largest absolute Gasteiger partial charge is 0.459 e. The third-order valence-electron chi connectivity index (χ3n) is 5.53. The van der Waals surface area contributed by atoms with Crippen LogP contribution in [0.1, 0.15) is 32.6 Å². The summed E-state index contributed by atoms with van der Waals surface area (Å²) in [6.45, 7) is 3.36. The third-order valence-corrected chi connectivity index (χ3v) is 5.53. The molecule has 110 valence electrons. The smallest absolute Gasteiger partial charge is 0.334 e. The highest BCUT2D eigenvalue weighted by molar-refractivity contribution is 5.91. The Morgan fingerprint density at radius 1 is 1.15 bits per heavy atom. The van der Waals surface area contributed by atoms with Gasteiger partial charge in [-0.25, -0.2) is 4.79 Å². The lowest BCUT2D eigenvalue weighted by molar-refractivity contribution is -0.142. The maximum atomic E-state index is 12.1. The molecule has 4 nitrogen and oxygen atoms in total. The minimum atomic E-state index is -0.147. The molecule has 2 aliphatic heterocycles. The second-order valence-electron chi connectivity index (χ2n) is 6.56. The molecule has 4 rings (SSSR count). The second kappa shape index (κ2) is 4.85. The second-order valence-corrected chi connectivity index (χ2v) is 6.56. The van der Waals surface area contributed by atoms with Gasteiger partial charge in [-0.1, -0.05) is 18.9 Å². The van der Waals surface area contributed by atoms with Crippen molar-refractivity contribution in [3.8, 4) is 0 Å². The Hall–Kier alpha value is -0.870. The van der Waals surface area contributed by atoms with E-state index >= 15 is 0 Å². The van der Waals surface area contributed by atoms with Crippen molar-refractivity contribution in [2.75, 3.05) is 13.2 Å². The Labute approximate surface area is 119 Å². The molecular weight excluding hydrogens is 256 g/mol. The lowest BCUT2D eigenvalue weighted by atomic mass is 9.61. The van der Waals surface area contributed by atoms with Gasteiger partial charge in [0, 0.05) is 17.4 Å². The molecule has 0 unspecified atom stereocenters. The number of carbonyl (C=O) groups is 1. The first-order valence-corrected chi connectivity index (χ1v) is 7.91. The fourth-order valence-corrected chi connectivity index (χ4v) is 4.74. The summed E-state index contributed by atoms with van der Waals surface area (Å²) in [4.78, 5) is 12.1. The maximum absolute atomic E-state index is 12.1. The number of fused-ring (bicyclic) bond motifs is 2. The summed E-state index contributed by atoms with van der Waals surface area (Å²) in [6, 6.07) is 0. The Balaban J connectivity index is 1.73. The number of rotatable bonds is 1. The van der Waals surface area contributed by atoms with Crippen LogP contribution in [0.25, 0.3) is 0 Å². The SMILES string of the molecule is C[C@@H]1OC(=O)C2=C[C@H]3CCCC[C@@H]3[C@@H](C3OCCO3)[C@H]21. The van der Waals surface area contributed by atoms with Crippen molar-refractivity contribution in [2.45, 2.75) is 45.0 Å². The molecule has 0 radical (unpaired) electrons. The fraction of sp³-hybridized carbons (Fsp3) is 0.812. The quantitative estimate of drug-likeness (QED) is 0.690. The van der Waals surface area contributed by atoms with E-state index in [1.54, 1.807) is 0 Å². The van der Waals surface area contributed by atoms with Crippen molar-refractivity contribution < 1.29 is 19.0 Å². The van der Waals surface area contributed by atoms with Gasteiger partial charge in [0.15, 0.2) is 6.29 Å². The zero-order valence-electron chi connectivity index (χ0n) is 11.9. The molecule has 2 saturated heterocycles. The van der Waals surface area contributed by atoms with E-state index in [1.807, 2.05) is 6.92 Å². The van der Waals surface area contributed by atoms with E-state index in [0.717, 1.165) is 5.57 Å². The van der Waals surface area contributed by atoms with Crippen LogP contribution in [-0.2, 0) is 19.0 Å².